The standard InChI is InChI=1S/C18H14N4O7S2/c1-2-28-16-7-11(9-19-20-17(23)10-31-18(20)30)3-5-15(16)29-14-6-4-12(21(24)25)8-13(14)22(26)27/h3-9H,2,10H2,1H3/b19-9+. The summed E-state index contributed by atoms with van der Waals surface area (Å²) in [5, 5.41) is 27.4. The number of thiocarbonyl (C=S) groups is 1. The van der Waals surface area contributed by atoms with Crippen LogP contribution >= 0.6 is 24.0 Å². The lowest BCUT2D eigenvalue weighted by Gasteiger charge is -2.12. The summed E-state index contributed by atoms with van der Waals surface area (Å²) in [5.41, 5.74) is -0.412. The Morgan fingerprint density at radius 1 is 1.16 bits per heavy atom. The smallest absolute Gasteiger partial charge is 0.318 e. The zero-order chi connectivity index (χ0) is 22.5. The number of nitrogens with zero attached hydrogens (tertiary/aromatic N) is 4. The van der Waals surface area contributed by atoms with E-state index in [2.05, 4.69) is 5.10 Å². The average Bonchev–Trinajstić information content (AvgIpc) is 3.05. The summed E-state index contributed by atoms with van der Waals surface area (Å²) in [6.45, 7) is 2.03. The second-order valence-electron chi connectivity index (χ2n) is 5.91. The molecule has 13 heteroatoms. The van der Waals surface area contributed by atoms with Gasteiger partial charge in [0.1, 0.15) is 0 Å². The van der Waals surface area contributed by atoms with Crippen LogP contribution in [0.4, 0.5) is 11.4 Å². The summed E-state index contributed by atoms with van der Waals surface area (Å²) in [4.78, 5) is 32.5. The molecule has 11 nitrogen and oxygen atoms in total. The van der Waals surface area contributed by atoms with E-state index in [0.717, 1.165) is 23.2 Å². The molecule has 0 atom stereocenters. The number of hydrogen-bond donors (Lipinski definition) is 0. The van der Waals surface area contributed by atoms with E-state index in [9.17, 15) is 25.0 Å². The summed E-state index contributed by atoms with van der Waals surface area (Å²) in [5.74, 6) is 0.272. The summed E-state index contributed by atoms with van der Waals surface area (Å²) >= 11 is 6.29. The van der Waals surface area contributed by atoms with E-state index in [4.69, 9.17) is 21.7 Å². The highest BCUT2D eigenvalue weighted by atomic mass is 32.2. The maximum atomic E-state index is 11.7. The van der Waals surface area contributed by atoms with E-state index in [1.807, 2.05) is 0 Å². The summed E-state index contributed by atoms with van der Waals surface area (Å²) in [6.07, 6.45) is 1.43. The number of rotatable bonds is 8. The number of ether oxygens (including phenoxy) is 2. The lowest BCUT2D eigenvalue weighted by Crippen LogP contribution is -2.22. The van der Waals surface area contributed by atoms with E-state index in [-0.39, 0.29) is 35.5 Å². The molecule has 0 N–H and O–H groups in total. The Labute approximate surface area is 184 Å². The number of carbonyl (C=O) groups excluding carboxylic acids is 1. The molecule has 1 aliphatic heterocycles. The third kappa shape index (κ3) is 5.13. The van der Waals surface area contributed by atoms with E-state index in [0.29, 0.717) is 9.88 Å². The lowest BCUT2D eigenvalue weighted by molar-refractivity contribution is -0.394. The van der Waals surface area contributed by atoms with Crippen molar-refractivity contribution in [3.05, 3.63) is 62.2 Å². The fraction of sp³-hybridized carbons (Fsp3) is 0.167. The molecule has 0 unspecified atom stereocenters. The number of hydrazone groups is 1. The molecule has 0 bridgehead atoms. The Kier molecular flexibility index (Phi) is 6.77. The molecular weight excluding hydrogens is 448 g/mol. The minimum Gasteiger partial charge on any atom is -0.490 e. The van der Waals surface area contributed by atoms with Crippen molar-refractivity contribution in [2.45, 2.75) is 6.92 Å². The number of nitro groups is 2. The van der Waals surface area contributed by atoms with Gasteiger partial charge in [0.05, 0.1) is 34.5 Å². The quantitative estimate of drug-likeness (QED) is 0.247. The van der Waals surface area contributed by atoms with Gasteiger partial charge in [-0.15, -0.1) is 0 Å². The van der Waals surface area contributed by atoms with Crippen LogP contribution in [-0.4, -0.2) is 43.7 Å². The van der Waals surface area contributed by atoms with Gasteiger partial charge in [-0.25, -0.2) is 0 Å². The second-order valence-corrected chi connectivity index (χ2v) is 7.52. The van der Waals surface area contributed by atoms with Crippen molar-refractivity contribution in [1.29, 1.82) is 0 Å². The molecule has 1 heterocycles. The summed E-state index contributed by atoms with van der Waals surface area (Å²) in [6, 6.07) is 7.78. The van der Waals surface area contributed by atoms with Crippen LogP contribution in [0.5, 0.6) is 17.2 Å². The van der Waals surface area contributed by atoms with E-state index in [1.54, 1.807) is 19.1 Å². The SMILES string of the molecule is CCOc1cc(/C=N/N2C(=O)CSC2=S)ccc1Oc1ccc([N+](=O)[O-])cc1[N+](=O)[O-]. The predicted molar refractivity (Wildman–Crippen MR) is 117 cm³/mol. The topological polar surface area (TPSA) is 137 Å². The number of amides is 1. The molecule has 0 aromatic heterocycles. The minimum atomic E-state index is -0.766. The van der Waals surface area contributed by atoms with E-state index < -0.39 is 21.2 Å². The van der Waals surface area contributed by atoms with Crippen molar-refractivity contribution >= 4 is 51.8 Å². The van der Waals surface area contributed by atoms with Gasteiger partial charge in [0, 0.05) is 6.07 Å². The highest BCUT2D eigenvalue weighted by Gasteiger charge is 2.26. The van der Waals surface area contributed by atoms with Gasteiger partial charge in [0.25, 0.3) is 11.6 Å². The molecule has 1 aliphatic rings. The van der Waals surface area contributed by atoms with Gasteiger partial charge >= 0.3 is 5.69 Å². The zero-order valence-corrected chi connectivity index (χ0v) is 17.6. The van der Waals surface area contributed by atoms with Crippen molar-refractivity contribution in [3.8, 4) is 17.2 Å². The molecule has 2 aromatic carbocycles. The van der Waals surface area contributed by atoms with Crippen LogP contribution in [0.2, 0.25) is 0 Å². The monoisotopic (exact) mass is 462 g/mol. The van der Waals surface area contributed by atoms with E-state index >= 15 is 0 Å². The third-order valence-electron chi connectivity index (χ3n) is 3.89. The van der Waals surface area contributed by atoms with Crippen LogP contribution in [0.1, 0.15) is 12.5 Å². The van der Waals surface area contributed by atoms with Crippen LogP contribution in [0.15, 0.2) is 41.5 Å². The third-order valence-corrected chi connectivity index (χ3v) is 5.23. The fourth-order valence-electron chi connectivity index (χ4n) is 2.51. The second kappa shape index (κ2) is 9.49. The molecule has 31 heavy (non-hydrogen) atoms. The molecule has 0 saturated carbocycles. The van der Waals surface area contributed by atoms with Crippen molar-refractivity contribution in [1.82, 2.24) is 5.01 Å². The first kappa shape index (κ1) is 22.1. The Bertz CT molecular complexity index is 1090. The summed E-state index contributed by atoms with van der Waals surface area (Å²) in [7, 11) is 0. The van der Waals surface area contributed by atoms with Crippen LogP contribution in [-0.2, 0) is 4.79 Å². The number of nitro benzene ring substituents is 2. The molecule has 2 aromatic rings. The van der Waals surface area contributed by atoms with Crippen molar-refractivity contribution in [2.75, 3.05) is 12.4 Å². The van der Waals surface area contributed by atoms with Crippen LogP contribution in [0.3, 0.4) is 0 Å². The number of carbonyl (C=O) groups is 1. The van der Waals surface area contributed by atoms with Gasteiger partial charge in [-0.2, -0.15) is 10.1 Å². The maximum Gasteiger partial charge on any atom is 0.318 e. The van der Waals surface area contributed by atoms with Crippen molar-refractivity contribution in [2.24, 2.45) is 5.10 Å². The Morgan fingerprint density at radius 2 is 1.90 bits per heavy atom. The molecule has 1 saturated heterocycles. The molecule has 1 amide bonds. The predicted octanol–water partition coefficient (Wildman–Crippen LogP) is 3.89. The molecule has 3 rings (SSSR count). The van der Waals surface area contributed by atoms with Gasteiger partial charge < -0.3 is 9.47 Å². The van der Waals surface area contributed by atoms with Gasteiger partial charge in [-0.1, -0.05) is 24.0 Å². The summed E-state index contributed by atoms with van der Waals surface area (Å²) < 4.78 is 11.5. The first-order valence-corrected chi connectivity index (χ1v) is 10.1. The van der Waals surface area contributed by atoms with Crippen LogP contribution in [0, 0.1) is 20.2 Å². The van der Waals surface area contributed by atoms with E-state index in [1.165, 1.54) is 24.0 Å². The minimum absolute atomic E-state index is 0.166. The van der Waals surface area contributed by atoms with Gasteiger partial charge in [0.2, 0.25) is 5.75 Å². The average molecular weight is 462 g/mol. The molecule has 0 radical (unpaired) electrons. The Balaban J connectivity index is 1.90. The number of benzene rings is 2. The molecule has 0 aliphatic carbocycles. The van der Waals surface area contributed by atoms with Gasteiger partial charge in [-0.3, -0.25) is 25.0 Å². The zero-order valence-electron chi connectivity index (χ0n) is 15.9. The van der Waals surface area contributed by atoms with Gasteiger partial charge in [-0.05, 0) is 36.8 Å². The molecule has 0 spiro atoms. The van der Waals surface area contributed by atoms with Crippen LogP contribution < -0.4 is 9.47 Å². The first-order valence-electron chi connectivity index (χ1n) is 8.71. The first-order chi connectivity index (χ1) is 14.8. The lowest BCUT2D eigenvalue weighted by atomic mass is 10.2. The fourth-order valence-corrected chi connectivity index (χ4v) is 3.47. The number of hydrogen-bond acceptors (Lipinski definition) is 10. The molecular formula is C18H14N4O7S2. The number of thioether (sulfide) groups is 1. The van der Waals surface area contributed by atoms with Crippen molar-refractivity contribution < 1.29 is 24.1 Å². The highest BCUT2D eigenvalue weighted by Crippen LogP contribution is 2.38. The molecule has 1 fully saturated rings. The van der Waals surface area contributed by atoms with Crippen molar-refractivity contribution in [3.63, 3.8) is 0 Å². The highest BCUT2D eigenvalue weighted by molar-refractivity contribution is 8.23. The van der Waals surface area contributed by atoms with Gasteiger partial charge in [0.15, 0.2) is 15.8 Å². The molecule has 160 valence electrons. The maximum absolute atomic E-state index is 11.7. The Hall–Kier alpha value is -3.58. The normalized spacial score (nSPS) is 13.6. The number of non-ortho nitro benzene ring substituents is 1. The van der Waals surface area contributed by atoms with Crippen LogP contribution in [0.25, 0.3) is 0 Å². The largest absolute Gasteiger partial charge is 0.490 e. The Morgan fingerprint density at radius 3 is 2.52 bits per heavy atom.